The number of H-pyrrole nitrogens is 1. The number of fused-ring (bicyclic) bond motifs is 2. The number of para-hydroxylation sites is 3. The molecule has 0 aliphatic carbocycles. The van der Waals surface area contributed by atoms with Crippen LogP contribution in [-0.4, -0.2) is 19.6 Å². The van der Waals surface area contributed by atoms with Gasteiger partial charge in [0.25, 0.3) is 5.56 Å². The minimum Gasteiger partial charge on any atom is -0.506 e. The number of benzene rings is 2. The van der Waals surface area contributed by atoms with Crippen molar-refractivity contribution in [2.45, 2.75) is 39.2 Å². The summed E-state index contributed by atoms with van der Waals surface area (Å²) in [5, 5.41) is 11.5. The monoisotopic (exact) mass is 361 g/mol. The lowest BCUT2D eigenvalue weighted by atomic mass is 10.1. The third-order valence-corrected chi connectivity index (χ3v) is 5.01. The molecule has 138 valence electrons. The SMILES string of the molecule is CCCCCCn1c(=O)c(-c2nc3ccccc3[nH]2)c(O)c2ccccc21. The summed E-state index contributed by atoms with van der Waals surface area (Å²) in [4.78, 5) is 21.0. The molecule has 0 fully saturated rings. The van der Waals surface area contributed by atoms with Gasteiger partial charge >= 0.3 is 0 Å². The van der Waals surface area contributed by atoms with Gasteiger partial charge in [0.1, 0.15) is 17.1 Å². The maximum Gasteiger partial charge on any atom is 0.265 e. The summed E-state index contributed by atoms with van der Waals surface area (Å²) >= 11 is 0. The highest BCUT2D eigenvalue weighted by Crippen LogP contribution is 2.32. The van der Waals surface area contributed by atoms with Crippen LogP contribution < -0.4 is 5.56 Å². The van der Waals surface area contributed by atoms with E-state index in [1.165, 1.54) is 0 Å². The number of nitrogens with zero attached hydrogens (tertiary/aromatic N) is 2. The van der Waals surface area contributed by atoms with Crippen LogP contribution in [0.2, 0.25) is 0 Å². The number of aryl methyl sites for hydroxylation is 1. The van der Waals surface area contributed by atoms with Crippen LogP contribution in [0.25, 0.3) is 33.3 Å². The Bertz CT molecular complexity index is 1120. The van der Waals surface area contributed by atoms with Crippen LogP contribution >= 0.6 is 0 Å². The van der Waals surface area contributed by atoms with Crippen LogP contribution in [0.4, 0.5) is 0 Å². The first-order chi connectivity index (χ1) is 13.2. The molecule has 2 aromatic heterocycles. The van der Waals surface area contributed by atoms with Gasteiger partial charge in [-0.2, -0.15) is 0 Å². The van der Waals surface area contributed by atoms with Gasteiger partial charge in [0.15, 0.2) is 0 Å². The van der Waals surface area contributed by atoms with Crippen molar-refractivity contribution in [3.8, 4) is 17.1 Å². The van der Waals surface area contributed by atoms with Gasteiger partial charge in [-0.3, -0.25) is 4.79 Å². The normalized spacial score (nSPS) is 11.4. The van der Waals surface area contributed by atoms with Crippen LogP contribution in [0.5, 0.6) is 5.75 Å². The van der Waals surface area contributed by atoms with Gasteiger partial charge in [-0.15, -0.1) is 0 Å². The van der Waals surface area contributed by atoms with E-state index in [1.807, 2.05) is 48.5 Å². The number of aromatic amines is 1. The largest absolute Gasteiger partial charge is 0.506 e. The summed E-state index contributed by atoms with van der Waals surface area (Å²) in [5.74, 6) is 0.395. The lowest BCUT2D eigenvalue weighted by molar-refractivity contribution is 0.479. The van der Waals surface area contributed by atoms with E-state index in [-0.39, 0.29) is 16.9 Å². The zero-order valence-corrected chi connectivity index (χ0v) is 15.4. The fourth-order valence-electron chi connectivity index (χ4n) is 3.59. The van der Waals surface area contributed by atoms with Crippen molar-refractivity contribution in [2.75, 3.05) is 0 Å². The summed E-state index contributed by atoms with van der Waals surface area (Å²) in [6.45, 7) is 2.80. The lowest BCUT2D eigenvalue weighted by Gasteiger charge is -2.14. The molecule has 0 radical (unpaired) electrons. The van der Waals surface area contributed by atoms with Crippen molar-refractivity contribution in [1.29, 1.82) is 0 Å². The molecule has 0 bridgehead atoms. The lowest BCUT2D eigenvalue weighted by Crippen LogP contribution is -2.23. The van der Waals surface area contributed by atoms with Gasteiger partial charge in [0.05, 0.1) is 16.6 Å². The molecule has 0 atom stereocenters. The van der Waals surface area contributed by atoms with Crippen molar-refractivity contribution in [3.05, 3.63) is 58.9 Å². The fraction of sp³-hybridized carbons (Fsp3) is 0.273. The van der Waals surface area contributed by atoms with Crippen LogP contribution in [-0.2, 0) is 6.54 Å². The quantitative estimate of drug-likeness (QED) is 0.483. The average molecular weight is 361 g/mol. The highest BCUT2D eigenvalue weighted by Gasteiger charge is 2.20. The number of unbranched alkanes of at least 4 members (excludes halogenated alkanes) is 3. The molecule has 2 N–H and O–H groups in total. The van der Waals surface area contributed by atoms with Crippen molar-refractivity contribution in [2.24, 2.45) is 0 Å². The maximum atomic E-state index is 13.3. The molecule has 0 amide bonds. The smallest absolute Gasteiger partial charge is 0.265 e. The van der Waals surface area contributed by atoms with Gasteiger partial charge in [0.2, 0.25) is 0 Å². The first-order valence-corrected chi connectivity index (χ1v) is 9.50. The zero-order valence-electron chi connectivity index (χ0n) is 15.4. The number of nitrogens with one attached hydrogen (secondary N) is 1. The molecule has 0 unspecified atom stereocenters. The molecule has 27 heavy (non-hydrogen) atoms. The van der Waals surface area contributed by atoms with E-state index in [1.54, 1.807) is 4.57 Å². The molecule has 4 rings (SSSR count). The number of hydrogen-bond acceptors (Lipinski definition) is 3. The zero-order chi connectivity index (χ0) is 18.8. The van der Waals surface area contributed by atoms with E-state index in [0.29, 0.717) is 17.8 Å². The molecular weight excluding hydrogens is 338 g/mol. The number of aromatic nitrogens is 3. The third kappa shape index (κ3) is 3.10. The number of pyridine rings is 1. The molecule has 2 aromatic carbocycles. The van der Waals surface area contributed by atoms with Gasteiger partial charge in [0, 0.05) is 11.9 Å². The Balaban J connectivity index is 1.90. The highest BCUT2D eigenvalue weighted by atomic mass is 16.3. The Kier molecular flexibility index (Phi) is 4.67. The summed E-state index contributed by atoms with van der Waals surface area (Å²) < 4.78 is 1.77. The van der Waals surface area contributed by atoms with Gasteiger partial charge in [-0.05, 0) is 30.7 Å². The Morgan fingerprint density at radius 2 is 1.81 bits per heavy atom. The molecular formula is C22H23N3O2. The Morgan fingerprint density at radius 3 is 2.63 bits per heavy atom. The highest BCUT2D eigenvalue weighted by molar-refractivity contribution is 5.92. The predicted molar refractivity (Wildman–Crippen MR) is 109 cm³/mol. The first-order valence-electron chi connectivity index (χ1n) is 9.50. The first kappa shape index (κ1) is 17.3. The second-order valence-electron chi connectivity index (χ2n) is 6.86. The van der Waals surface area contributed by atoms with Crippen LogP contribution in [0.3, 0.4) is 0 Å². The third-order valence-electron chi connectivity index (χ3n) is 5.01. The van der Waals surface area contributed by atoms with Crippen molar-refractivity contribution in [1.82, 2.24) is 14.5 Å². The molecule has 0 saturated heterocycles. The van der Waals surface area contributed by atoms with E-state index in [2.05, 4.69) is 16.9 Å². The molecule has 0 spiro atoms. The van der Waals surface area contributed by atoms with Crippen molar-refractivity contribution < 1.29 is 5.11 Å². The minimum absolute atomic E-state index is 0.0144. The summed E-state index contributed by atoms with van der Waals surface area (Å²) in [7, 11) is 0. The number of imidazole rings is 1. The molecule has 0 aliphatic heterocycles. The standard InChI is InChI=1S/C22H23N3O2/c1-2-3-4-9-14-25-18-13-8-5-10-15(18)20(26)19(22(25)27)21-23-16-11-6-7-12-17(16)24-21/h5-8,10-13,26H,2-4,9,14H2,1H3,(H,23,24). The molecule has 5 nitrogen and oxygen atoms in total. The van der Waals surface area contributed by atoms with E-state index < -0.39 is 0 Å². The number of rotatable bonds is 6. The molecule has 2 heterocycles. The number of aromatic hydroxyl groups is 1. The van der Waals surface area contributed by atoms with Gasteiger partial charge < -0.3 is 14.7 Å². The summed E-state index contributed by atoms with van der Waals surface area (Å²) in [5.41, 5.74) is 2.40. The molecule has 0 aliphatic rings. The molecule has 4 aromatic rings. The second-order valence-corrected chi connectivity index (χ2v) is 6.86. The topological polar surface area (TPSA) is 70.9 Å². The second kappa shape index (κ2) is 7.27. The summed E-state index contributed by atoms with van der Waals surface area (Å²) in [6, 6.07) is 15.1. The van der Waals surface area contributed by atoms with Crippen LogP contribution in [0, 0.1) is 0 Å². The Hall–Kier alpha value is -3.08. The van der Waals surface area contributed by atoms with Crippen molar-refractivity contribution in [3.63, 3.8) is 0 Å². The summed E-state index contributed by atoms with van der Waals surface area (Å²) in [6.07, 6.45) is 4.32. The Morgan fingerprint density at radius 1 is 1.04 bits per heavy atom. The van der Waals surface area contributed by atoms with E-state index in [4.69, 9.17) is 0 Å². The Labute approximate surface area is 157 Å². The van der Waals surface area contributed by atoms with Crippen LogP contribution in [0.1, 0.15) is 32.6 Å². The average Bonchev–Trinajstić information content (AvgIpc) is 3.11. The van der Waals surface area contributed by atoms with E-state index >= 15 is 0 Å². The van der Waals surface area contributed by atoms with Gasteiger partial charge in [-0.1, -0.05) is 50.5 Å². The van der Waals surface area contributed by atoms with Crippen molar-refractivity contribution >= 4 is 21.9 Å². The maximum absolute atomic E-state index is 13.3. The predicted octanol–water partition coefficient (Wildman–Crippen LogP) is 4.83. The fourth-order valence-corrected chi connectivity index (χ4v) is 3.59. The molecule has 0 saturated carbocycles. The minimum atomic E-state index is -0.207. The van der Waals surface area contributed by atoms with Crippen LogP contribution in [0.15, 0.2) is 53.3 Å². The van der Waals surface area contributed by atoms with E-state index in [0.717, 1.165) is 42.2 Å². The number of hydrogen-bond donors (Lipinski definition) is 2. The van der Waals surface area contributed by atoms with Gasteiger partial charge in [-0.25, -0.2) is 4.98 Å². The van der Waals surface area contributed by atoms with E-state index in [9.17, 15) is 9.90 Å². The molecule has 5 heteroatoms.